The van der Waals surface area contributed by atoms with Gasteiger partial charge in [0.1, 0.15) is 17.4 Å². The van der Waals surface area contributed by atoms with Crippen LogP contribution in [0.3, 0.4) is 0 Å². The van der Waals surface area contributed by atoms with Crippen LogP contribution in [0.15, 0.2) is 47.5 Å². The molecule has 1 aromatic carbocycles. The van der Waals surface area contributed by atoms with Crippen LogP contribution < -0.4 is 16.2 Å². The van der Waals surface area contributed by atoms with E-state index < -0.39 is 23.4 Å². The molecule has 1 atom stereocenters. The standard InChI is InChI=1S/C23H20N8O4/c1-12-9-11-30(29-12)17-8-10-24-20(27-17)22(34)26-15-5-3-4-14-19(15)25-13(2)31(23(14)35)16-6-7-18(32)28-21(16)33/h3-5,8-11,16H,6-7H2,1-2H3,(H,26,34)(H,28,32,33). The summed E-state index contributed by atoms with van der Waals surface area (Å²) in [6, 6.07) is 7.39. The number of piperidine rings is 1. The molecule has 12 nitrogen and oxygen atoms in total. The summed E-state index contributed by atoms with van der Waals surface area (Å²) in [6.07, 6.45) is 3.52. The smallest absolute Gasteiger partial charge is 0.293 e. The molecule has 0 spiro atoms. The Labute approximate surface area is 198 Å². The molecule has 4 heterocycles. The van der Waals surface area contributed by atoms with Crippen LogP contribution in [0.2, 0.25) is 0 Å². The van der Waals surface area contributed by atoms with Gasteiger partial charge in [-0.05, 0) is 38.5 Å². The molecule has 3 amide bonds. The zero-order valence-electron chi connectivity index (χ0n) is 18.8. The molecule has 1 saturated heterocycles. The molecule has 0 aliphatic carbocycles. The van der Waals surface area contributed by atoms with Gasteiger partial charge in [-0.15, -0.1) is 0 Å². The van der Waals surface area contributed by atoms with Gasteiger partial charge in [0.05, 0.1) is 16.8 Å². The summed E-state index contributed by atoms with van der Waals surface area (Å²) in [4.78, 5) is 62.9. The lowest BCUT2D eigenvalue weighted by atomic mass is 10.1. The van der Waals surface area contributed by atoms with Crippen molar-refractivity contribution in [2.45, 2.75) is 32.7 Å². The van der Waals surface area contributed by atoms with Gasteiger partial charge < -0.3 is 5.32 Å². The lowest BCUT2D eigenvalue weighted by Gasteiger charge is -2.24. The fourth-order valence-electron chi connectivity index (χ4n) is 4.03. The van der Waals surface area contributed by atoms with Crippen LogP contribution in [0.4, 0.5) is 5.69 Å². The lowest BCUT2D eigenvalue weighted by molar-refractivity contribution is -0.135. The van der Waals surface area contributed by atoms with Crippen molar-refractivity contribution in [1.29, 1.82) is 0 Å². The molecule has 0 radical (unpaired) electrons. The van der Waals surface area contributed by atoms with Crippen molar-refractivity contribution >= 4 is 34.3 Å². The fraction of sp³-hybridized carbons (Fsp3) is 0.217. The maximum atomic E-state index is 13.3. The highest BCUT2D eigenvalue weighted by Crippen LogP contribution is 2.23. The molecule has 12 heteroatoms. The minimum absolute atomic E-state index is 0.0822. The summed E-state index contributed by atoms with van der Waals surface area (Å²) in [5.74, 6) is -0.868. The zero-order valence-corrected chi connectivity index (χ0v) is 18.8. The second kappa shape index (κ2) is 8.56. The second-order valence-electron chi connectivity index (χ2n) is 8.10. The predicted octanol–water partition coefficient (Wildman–Crippen LogP) is 1.22. The van der Waals surface area contributed by atoms with Crippen LogP contribution in [0, 0.1) is 13.8 Å². The van der Waals surface area contributed by atoms with Crippen LogP contribution in [-0.2, 0) is 9.59 Å². The van der Waals surface area contributed by atoms with Gasteiger partial charge in [0, 0.05) is 24.9 Å². The largest absolute Gasteiger partial charge is 0.317 e. The third-order valence-corrected chi connectivity index (χ3v) is 5.68. The quantitative estimate of drug-likeness (QED) is 0.420. The number of rotatable bonds is 4. The van der Waals surface area contributed by atoms with Crippen LogP contribution in [0.25, 0.3) is 16.7 Å². The van der Waals surface area contributed by atoms with E-state index in [9.17, 15) is 19.2 Å². The van der Waals surface area contributed by atoms with Gasteiger partial charge in [0.15, 0.2) is 5.82 Å². The SMILES string of the molecule is Cc1ccn(-c2ccnc(C(=O)Nc3cccc4c(=O)n(C5CCC(=O)NC5=O)c(C)nc34)n2)n1. The van der Waals surface area contributed by atoms with Gasteiger partial charge in [-0.3, -0.25) is 29.1 Å². The summed E-state index contributed by atoms with van der Waals surface area (Å²) in [5.41, 5.74) is 0.929. The highest BCUT2D eigenvalue weighted by atomic mass is 16.2. The van der Waals surface area contributed by atoms with E-state index in [2.05, 4.69) is 30.7 Å². The van der Waals surface area contributed by atoms with Crippen LogP contribution in [-0.4, -0.2) is 47.0 Å². The minimum Gasteiger partial charge on any atom is -0.317 e. The predicted molar refractivity (Wildman–Crippen MR) is 124 cm³/mol. The number of fused-ring (bicyclic) bond motifs is 1. The second-order valence-corrected chi connectivity index (χ2v) is 8.10. The summed E-state index contributed by atoms with van der Waals surface area (Å²) >= 11 is 0. The molecule has 2 N–H and O–H groups in total. The van der Waals surface area contributed by atoms with E-state index in [1.54, 1.807) is 37.4 Å². The number of nitrogens with one attached hydrogen (secondary N) is 2. The summed E-state index contributed by atoms with van der Waals surface area (Å²) in [7, 11) is 0. The molecule has 1 unspecified atom stereocenters. The highest BCUT2D eigenvalue weighted by Gasteiger charge is 2.30. The topological polar surface area (TPSA) is 154 Å². The van der Waals surface area contributed by atoms with Gasteiger partial charge in [-0.25, -0.2) is 19.6 Å². The van der Waals surface area contributed by atoms with Gasteiger partial charge in [0.2, 0.25) is 17.6 Å². The monoisotopic (exact) mass is 472 g/mol. The number of aryl methyl sites for hydroxylation is 2. The van der Waals surface area contributed by atoms with E-state index in [1.807, 2.05) is 13.0 Å². The molecule has 176 valence electrons. The van der Waals surface area contributed by atoms with Crippen molar-refractivity contribution in [3.63, 3.8) is 0 Å². The molecule has 0 bridgehead atoms. The number of anilines is 1. The summed E-state index contributed by atoms with van der Waals surface area (Å²) in [5, 5.41) is 9.49. The highest BCUT2D eigenvalue weighted by molar-refractivity contribution is 6.06. The average molecular weight is 472 g/mol. The molecule has 1 aliphatic rings. The van der Waals surface area contributed by atoms with Crippen molar-refractivity contribution in [2.75, 3.05) is 5.32 Å². The zero-order chi connectivity index (χ0) is 24.7. The van der Waals surface area contributed by atoms with E-state index in [-0.39, 0.29) is 41.3 Å². The fourth-order valence-corrected chi connectivity index (χ4v) is 4.03. The molecule has 35 heavy (non-hydrogen) atoms. The van der Waals surface area contributed by atoms with Gasteiger partial charge in [0.25, 0.3) is 11.5 Å². The Hall–Kier alpha value is -4.74. The van der Waals surface area contributed by atoms with E-state index in [1.165, 1.54) is 15.4 Å². The molecule has 5 rings (SSSR count). The Kier molecular flexibility index (Phi) is 5.40. The van der Waals surface area contributed by atoms with Crippen LogP contribution in [0.1, 0.15) is 41.0 Å². The Morgan fingerprint density at radius 3 is 2.69 bits per heavy atom. The Morgan fingerprint density at radius 2 is 1.94 bits per heavy atom. The first-order chi connectivity index (χ1) is 16.8. The number of hydrogen-bond donors (Lipinski definition) is 2. The Morgan fingerprint density at radius 1 is 1.11 bits per heavy atom. The number of imide groups is 1. The summed E-state index contributed by atoms with van der Waals surface area (Å²) in [6.45, 7) is 3.44. The number of hydrogen-bond acceptors (Lipinski definition) is 8. The van der Waals surface area contributed by atoms with Crippen molar-refractivity contribution in [1.82, 2.24) is 34.6 Å². The van der Waals surface area contributed by atoms with Crippen molar-refractivity contribution in [3.8, 4) is 5.82 Å². The number of carbonyl (C=O) groups is 3. The number of amides is 3. The molecule has 1 aliphatic heterocycles. The lowest BCUT2D eigenvalue weighted by Crippen LogP contribution is -2.45. The molecular formula is C23H20N8O4. The van der Waals surface area contributed by atoms with Gasteiger partial charge in [-0.2, -0.15) is 5.10 Å². The Balaban J connectivity index is 1.49. The number of para-hydroxylation sites is 1. The first kappa shape index (κ1) is 22.1. The van der Waals surface area contributed by atoms with E-state index in [4.69, 9.17) is 0 Å². The first-order valence-corrected chi connectivity index (χ1v) is 10.8. The Bertz CT molecular complexity index is 1570. The molecule has 0 saturated carbocycles. The van der Waals surface area contributed by atoms with Crippen molar-refractivity contribution in [3.05, 3.63) is 70.4 Å². The number of carbonyl (C=O) groups excluding carboxylic acids is 3. The summed E-state index contributed by atoms with van der Waals surface area (Å²) < 4.78 is 2.82. The molecule has 3 aromatic heterocycles. The number of benzene rings is 1. The molecule has 4 aromatic rings. The molecular weight excluding hydrogens is 452 g/mol. The number of nitrogens with zero attached hydrogens (tertiary/aromatic N) is 6. The average Bonchev–Trinajstić information content (AvgIpc) is 3.27. The molecule has 1 fully saturated rings. The maximum absolute atomic E-state index is 13.3. The van der Waals surface area contributed by atoms with E-state index >= 15 is 0 Å². The van der Waals surface area contributed by atoms with E-state index in [0.717, 1.165) is 5.69 Å². The maximum Gasteiger partial charge on any atom is 0.293 e. The van der Waals surface area contributed by atoms with Crippen molar-refractivity contribution < 1.29 is 14.4 Å². The van der Waals surface area contributed by atoms with Gasteiger partial charge >= 0.3 is 0 Å². The third-order valence-electron chi connectivity index (χ3n) is 5.68. The first-order valence-electron chi connectivity index (χ1n) is 10.8. The number of aromatic nitrogens is 6. The van der Waals surface area contributed by atoms with Crippen molar-refractivity contribution in [2.24, 2.45) is 0 Å². The minimum atomic E-state index is -0.836. The van der Waals surface area contributed by atoms with Crippen LogP contribution in [0.5, 0.6) is 0 Å². The van der Waals surface area contributed by atoms with E-state index in [0.29, 0.717) is 11.5 Å². The van der Waals surface area contributed by atoms with Gasteiger partial charge in [-0.1, -0.05) is 6.07 Å². The normalized spacial score (nSPS) is 15.8. The van der Waals surface area contributed by atoms with Crippen LogP contribution >= 0.6 is 0 Å². The third kappa shape index (κ3) is 4.05.